The van der Waals surface area contributed by atoms with Gasteiger partial charge in [-0.1, -0.05) is 48.9 Å². The second-order valence-electron chi connectivity index (χ2n) is 6.75. The highest BCUT2D eigenvalue weighted by Gasteiger charge is 2.13. The first-order chi connectivity index (χ1) is 13.0. The van der Waals surface area contributed by atoms with Gasteiger partial charge in [-0.2, -0.15) is 0 Å². The fourth-order valence-corrected chi connectivity index (χ4v) is 2.83. The summed E-state index contributed by atoms with van der Waals surface area (Å²) in [5.41, 5.74) is 4.44. The fourth-order valence-electron chi connectivity index (χ4n) is 2.83. The van der Waals surface area contributed by atoms with Gasteiger partial charge in [-0.15, -0.1) is 10.2 Å². The molecule has 1 amide bonds. The lowest BCUT2D eigenvalue weighted by atomic mass is 10.0. The predicted molar refractivity (Wildman–Crippen MR) is 105 cm³/mol. The minimum absolute atomic E-state index is 0.0304. The number of rotatable bonds is 7. The molecule has 1 heterocycles. The number of nitrogens with zero attached hydrogens (tertiary/aromatic N) is 2. The largest absolute Gasteiger partial charge is 0.421 e. The minimum Gasteiger partial charge on any atom is -0.421 e. The zero-order valence-electron chi connectivity index (χ0n) is 16.0. The van der Waals surface area contributed by atoms with Crippen molar-refractivity contribution in [1.82, 2.24) is 15.5 Å². The first kappa shape index (κ1) is 18.8. The summed E-state index contributed by atoms with van der Waals surface area (Å²) in [6, 6.07) is 16.2. The highest BCUT2D eigenvalue weighted by Crippen LogP contribution is 2.19. The second-order valence-corrected chi connectivity index (χ2v) is 6.75. The van der Waals surface area contributed by atoms with Gasteiger partial charge in [0.15, 0.2) is 0 Å². The molecular formula is C22H25N3O2. The number of hydrogen-bond acceptors (Lipinski definition) is 4. The van der Waals surface area contributed by atoms with Gasteiger partial charge in [0, 0.05) is 18.4 Å². The standard InChI is InChI=1S/C22H25N3O2/c1-4-17-7-11-18(12-8-17)16(3)23-20(26)13-14-21-24-25-22(27-21)19-9-5-15(2)6-10-19/h5-12,16H,4,13-14H2,1-3H3,(H,23,26). The number of nitrogens with one attached hydrogen (secondary N) is 1. The van der Waals surface area contributed by atoms with Crippen molar-refractivity contribution in [2.75, 3.05) is 0 Å². The van der Waals surface area contributed by atoms with Crippen molar-refractivity contribution in [3.05, 3.63) is 71.1 Å². The third kappa shape index (κ3) is 5.03. The molecule has 140 valence electrons. The summed E-state index contributed by atoms with van der Waals surface area (Å²) >= 11 is 0. The normalized spacial score (nSPS) is 12.0. The number of aromatic nitrogens is 2. The van der Waals surface area contributed by atoms with Gasteiger partial charge in [-0.05, 0) is 43.5 Å². The molecule has 0 spiro atoms. The van der Waals surface area contributed by atoms with Crippen LogP contribution in [0, 0.1) is 6.92 Å². The fraction of sp³-hybridized carbons (Fsp3) is 0.318. The SMILES string of the molecule is CCc1ccc(C(C)NC(=O)CCc2nnc(-c3ccc(C)cc3)o2)cc1. The molecule has 0 bridgehead atoms. The highest BCUT2D eigenvalue weighted by atomic mass is 16.4. The number of benzene rings is 2. The Bertz CT molecular complexity index is 883. The van der Waals surface area contributed by atoms with E-state index in [1.54, 1.807) is 0 Å². The number of amides is 1. The van der Waals surface area contributed by atoms with E-state index in [0.29, 0.717) is 24.6 Å². The molecule has 0 radical (unpaired) electrons. The molecule has 1 aromatic heterocycles. The van der Waals surface area contributed by atoms with Crippen LogP contribution in [0.1, 0.15) is 48.9 Å². The lowest BCUT2D eigenvalue weighted by Crippen LogP contribution is -2.26. The summed E-state index contributed by atoms with van der Waals surface area (Å²) in [7, 11) is 0. The summed E-state index contributed by atoms with van der Waals surface area (Å²) in [6.07, 6.45) is 1.74. The summed E-state index contributed by atoms with van der Waals surface area (Å²) < 4.78 is 5.67. The molecular weight excluding hydrogens is 338 g/mol. The Labute approximate surface area is 159 Å². The Morgan fingerprint density at radius 2 is 1.78 bits per heavy atom. The van der Waals surface area contributed by atoms with Crippen molar-refractivity contribution >= 4 is 5.91 Å². The van der Waals surface area contributed by atoms with Gasteiger partial charge in [0.25, 0.3) is 0 Å². The quantitative estimate of drug-likeness (QED) is 0.675. The first-order valence-electron chi connectivity index (χ1n) is 9.32. The van der Waals surface area contributed by atoms with Crippen molar-refractivity contribution in [2.24, 2.45) is 0 Å². The Balaban J connectivity index is 1.52. The van der Waals surface area contributed by atoms with Crippen LogP contribution in [0.3, 0.4) is 0 Å². The Morgan fingerprint density at radius 1 is 1.07 bits per heavy atom. The Hall–Kier alpha value is -2.95. The third-order valence-corrected chi connectivity index (χ3v) is 4.60. The average Bonchev–Trinajstić information content (AvgIpc) is 3.16. The van der Waals surface area contributed by atoms with E-state index in [9.17, 15) is 4.79 Å². The molecule has 1 atom stereocenters. The first-order valence-corrected chi connectivity index (χ1v) is 9.32. The van der Waals surface area contributed by atoms with Crippen LogP contribution >= 0.6 is 0 Å². The molecule has 0 saturated carbocycles. The van der Waals surface area contributed by atoms with E-state index in [1.165, 1.54) is 11.1 Å². The van der Waals surface area contributed by atoms with E-state index in [4.69, 9.17) is 4.42 Å². The van der Waals surface area contributed by atoms with E-state index in [0.717, 1.165) is 17.5 Å². The van der Waals surface area contributed by atoms with Gasteiger partial charge >= 0.3 is 0 Å². The smallest absolute Gasteiger partial charge is 0.247 e. The molecule has 1 N–H and O–H groups in total. The molecule has 3 rings (SSSR count). The van der Waals surface area contributed by atoms with Crippen LogP contribution in [0.15, 0.2) is 52.9 Å². The topological polar surface area (TPSA) is 68.0 Å². The van der Waals surface area contributed by atoms with Gasteiger partial charge in [0.05, 0.1) is 6.04 Å². The van der Waals surface area contributed by atoms with Crippen LogP contribution in [-0.2, 0) is 17.6 Å². The van der Waals surface area contributed by atoms with Crippen LogP contribution in [0.25, 0.3) is 11.5 Å². The lowest BCUT2D eigenvalue weighted by Gasteiger charge is -2.14. The Kier molecular flexibility index (Phi) is 6.01. The van der Waals surface area contributed by atoms with E-state index in [-0.39, 0.29) is 11.9 Å². The molecule has 0 aliphatic carbocycles. The zero-order valence-corrected chi connectivity index (χ0v) is 16.0. The molecule has 0 aliphatic heterocycles. The van der Waals surface area contributed by atoms with E-state index < -0.39 is 0 Å². The minimum atomic E-state index is -0.0331. The molecule has 5 nitrogen and oxygen atoms in total. The van der Waals surface area contributed by atoms with Crippen LogP contribution in [0.2, 0.25) is 0 Å². The van der Waals surface area contributed by atoms with Gasteiger partial charge in [-0.3, -0.25) is 4.79 Å². The maximum absolute atomic E-state index is 12.2. The predicted octanol–water partition coefficient (Wildman–Crippen LogP) is 4.42. The number of carbonyl (C=O) groups is 1. The molecule has 0 aliphatic rings. The van der Waals surface area contributed by atoms with Gasteiger partial charge in [-0.25, -0.2) is 0 Å². The summed E-state index contributed by atoms with van der Waals surface area (Å²) in [5, 5.41) is 11.1. The monoisotopic (exact) mass is 363 g/mol. The van der Waals surface area contributed by atoms with Crippen molar-refractivity contribution < 1.29 is 9.21 Å². The van der Waals surface area contributed by atoms with Crippen molar-refractivity contribution in [3.8, 4) is 11.5 Å². The molecule has 2 aromatic carbocycles. The van der Waals surface area contributed by atoms with Gasteiger partial charge < -0.3 is 9.73 Å². The molecule has 0 fully saturated rings. The van der Waals surface area contributed by atoms with E-state index in [2.05, 4.69) is 46.7 Å². The van der Waals surface area contributed by atoms with Crippen molar-refractivity contribution in [1.29, 1.82) is 0 Å². The maximum Gasteiger partial charge on any atom is 0.247 e. The average molecular weight is 363 g/mol. The van der Waals surface area contributed by atoms with Gasteiger partial charge in [0.2, 0.25) is 17.7 Å². The van der Waals surface area contributed by atoms with Crippen molar-refractivity contribution in [2.45, 2.75) is 46.1 Å². The van der Waals surface area contributed by atoms with Crippen LogP contribution in [0.4, 0.5) is 0 Å². The molecule has 1 unspecified atom stereocenters. The van der Waals surface area contributed by atoms with Crippen molar-refractivity contribution in [3.63, 3.8) is 0 Å². The van der Waals surface area contributed by atoms with Crippen LogP contribution in [0.5, 0.6) is 0 Å². The third-order valence-electron chi connectivity index (χ3n) is 4.60. The highest BCUT2D eigenvalue weighted by molar-refractivity contribution is 5.76. The molecule has 0 saturated heterocycles. The second kappa shape index (κ2) is 8.62. The molecule has 27 heavy (non-hydrogen) atoms. The summed E-state index contributed by atoms with van der Waals surface area (Å²) in [6.45, 7) is 6.14. The number of hydrogen-bond donors (Lipinski definition) is 1. The van der Waals surface area contributed by atoms with Crippen LogP contribution in [-0.4, -0.2) is 16.1 Å². The van der Waals surface area contributed by atoms with Gasteiger partial charge in [0.1, 0.15) is 0 Å². The zero-order chi connectivity index (χ0) is 19.2. The number of carbonyl (C=O) groups excluding carboxylic acids is 1. The number of aryl methyl sites for hydroxylation is 3. The lowest BCUT2D eigenvalue weighted by molar-refractivity contribution is -0.121. The van der Waals surface area contributed by atoms with Crippen LogP contribution < -0.4 is 5.32 Å². The molecule has 3 aromatic rings. The maximum atomic E-state index is 12.2. The van der Waals surface area contributed by atoms with E-state index in [1.807, 2.05) is 38.1 Å². The summed E-state index contributed by atoms with van der Waals surface area (Å²) in [4.78, 5) is 12.2. The molecule has 5 heteroatoms. The Morgan fingerprint density at radius 3 is 2.44 bits per heavy atom. The van der Waals surface area contributed by atoms with E-state index >= 15 is 0 Å². The summed E-state index contributed by atoms with van der Waals surface area (Å²) in [5.74, 6) is 0.924.